The number of thiophene rings is 2. The van der Waals surface area contributed by atoms with Gasteiger partial charge in [0.2, 0.25) is 11.8 Å². The second-order valence-electron chi connectivity index (χ2n) is 8.83. The summed E-state index contributed by atoms with van der Waals surface area (Å²) in [5, 5.41) is 15.7. The van der Waals surface area contributed by atoms with E-state index < -0.39 is 11.9 Å². The summed E-state index contributed by atoms with van der Waals surface area (Å²) < 4.78 is 10.5. The molecule has 0 unspecified atom stereocenters. The van der Waals surface area contributed by atoms with Gasteiger partial charge >= 0.3 is 11.9 Å². The molecule has 0 spiro atoms. The van der Waals surface area contributed by atoms with Crippen molar-refractivity contribution >= 4 is 67.9 Å². The summed E-state index contributed by atoms with van der Waals surface area (Å²) in [5.41, 5.74) is 3.89. The summed E-state index contributed by atoms with van der Waals surface area (Å²) in [7, 11) is 0. The van der Waals surface area contributed by atoms with Crippen LogP contribution in [0.5, 0.6) is 0 Å². The lowest BCUT2D eigenvalue weighted by molar-refractivity contribution is -0.115. The average Bonchev–Trinajstić information content (AvgIpc) is 3.40. The van der Waals surface area contributed by atoms with Crippen LogP contribution in [-0.4, -0.2) is 48.4 Å². The van der Waals surface area contributed by atoms with Crippen molar-refractivity contribution in [1.82, 2.24) is 0 Å². The van der Waals surface area contributed by atoms with Gasteiger partial charge in [0.25, 0.3) is 0 Å². The number of ether oxygens (including phenoxy) is 2. The maximum atomic E-state index is 12.7. The monoisotopic (exact) mass is 558 g/mol. The minimum atomic E-state index is -0.464. The van der Waals surface area contributed by atoms with Gasteiger partial charge in [-0.25, -0.2) is 9.59 Å². The first-order valence-electron chi connectivity index (χ1n) is 12.6. The van der Waals surface area contributed by atoms with E-state index in [2.05, 4.69) is 20.8 Å². The Hall–Kier alpha value is -3.38. The SMILES string of the molecule is CCOC(=O)c1c(NC(C)=O)sc2c1CCC/C2=N/N=C1/CCCc2c1sc(NC(C)=O)c2C(=O)OCC. The predicted octanol–water partition coefficient (Wildman–Crippen LogP) is 4.95. The third-order valence-electron chi connectivity index (χ3n) is 6.05. The molecule has 2 amide bonds. The highest BCUT2D eigenvalue weighted by Crippen LogP contribution is 2.41. The van der Waals surface area contributed by atoms with Crippen molar-refractivity contribution in [3.05, 3.63) is 32.0 Å². The average molecular weight is 559 g/mol. The Morgan fingerprint density at radius 1 is 0.711 bits per heavy atom. The molecule has 2 aromatic heterocycles. The van der Waals surface area contributed by atoms with Crippen molar-refractivity contribution < 1.29 is 28.7 Å². The second kappa shape index (κ2) is 12.0. The zero-order valence-corrected chi connectivity index (χ0v) is 23.5. The quantitative estimate of drug-likeness (QED) is 0.365. The number of esters is 2. The van der Waals surface area contributed by atoms with Gasteiger partial charge < -0.3 is 20.1 Å². The highest BCUT2D eigenvalue weighted by atomic mass is 32.1. The van der Waals surface area contributed by atoms with Gasteiger partial charge in [0, 0.05) is 13.8 Å². The van der Waals surface area contributed by atoms with E-state index in [1.807, 2.05) is 0 Å². The Balaban J connectivity index is 1.76. The van der Waals surface area contributed by atoms with Gasteiger partial charge in [-0.05, 0) is 63.5 Å². The van der Waals surface area contributed by atoms with E-state index in [9.17, 15) is 19.2 Å². The fourth-order valence-electron chi connectivity index (χ4n) is 4.61. The van der Waals surface area contributed by atoms with Gasteiger partial charge in [0.1, 0.15) is 10.0 Å². The van der Waals surface area contributed by atoms with Gasteiger partial charge in [-0.3, -0.25) is 9.59 Å². The molecule has 202 valence electrons. The molecule has 0 aliphatic heterocycles. The van der Waals surface area contributed by atoms with Crippen LogP contribution in [0.1, 0.15) is 95.0 Å². The van der Waals surface area contributed by atoms with Gasteiger partial charge in [0.15, 0.2) is 0 Å². The number of hydrogen-bond donors (Lipinski definition) is 2. The highest BCUT2D eigenvalue weighted by molar-refractivity contribution is 7.19. The molecule has 12 heteroatoms. The molecule has 2 aliphatic rings. The summed E-state index contributed by atoms with van der Waals surface area (Å²) in [5.74, 6) is -1.47. The van der Waals surface area contributed by atoms with Gasteiger partial charge in [-0.1, -0.05) is 0 Å². The zero-order chi connectivity index (χ0) is 27.4. The molecule has 0 atom stereocenters. The normalized spacial score (nSPS) is 16.5. The maximum Gasteiger partial charge on any atom is 0.341 e. The molecular weight excluding hydrogens is 528 g/mol. The van der Waals surface area contributed by atoms with E-state index in [1.165, 1.54) is 36.5 Å². The first-order valence-corrected chi connectivity index (χ1v) is 14.2. The first kappa shape index (κ1) is 27.6. The molecule has 0 bridgehead atoms. The minimum Gasteiger partial charge on any atom is -0.462 e. The van der Waals surface area contributed by atoms with Gasteiger partial charge in [-0.2, -0.15) is 10.2 Å². The molecule has 38 heavy (non-hydrogen) atoms. The lowest BCUT2D eigenvalue weighted by Crippen LogP contribution is -2.16. The van der Waals surface area contributed by atoms with Crippen LogP contribution in [-0.2, 0) is 31.9 Å². The summed E-state index contributed by atoms with van der Waals surface area (Å²) in [6, 6.07) is 0. The van der Waals surface area contributed by atoms with Crippen LogP contribution in [0.3, 0.4) is 0 Å². The molecule has 4 rings (SSSR count). The lowest BCUT2D eigenvalue weighted by Gasteiger charge is -2.16. The van der Waals surface area contributed by atoms with Crippen LogP contribution in [0.2, 0.25) is 0 Å². The third kappa shape index (κ3) is 5.70. The van der Waals surface area contributed by atoms with E-state index in [4.69, 9.17) is 9.47 Å². The van der Waals surface area contributed by atoms with Crippen molar-refractivity contribution in [2.24, 2.45) is 10.2 Å². The predicted molar refractivity (Wildman–Crippen MR) is 148 cm³/mol. The van der Waals surface area contributed by atoms with E-state index in [-0.39, 0.29) is 25.0 Å². The van der Waals surface area contributed by atoms with Crippen LogP contribution in [0.25, 0.3) is 0 Å². The molecule has 0 saturated carbocycles. The first-order chi connectivity index (χ1) is 18.2. The Kier molecular flexibility index (Phi) is 8.72. The Bertz CT molecular complexity index is 1250. The van der Waals surface area contributed by atoms with E-state index in [0.29, 0.717) is 46.8 Å². The number of carbonyl (C=O) groups is 4. The molecule has 0 fully saturated rings. The number of amides is 2. The summed E-state index contributed by atoms with van der Waals surface area (Å²) in [4.78, 5) is 50.7. The van der Waals surface area contributed by atoms with E-state index in [1.54, 1.807) is 13.8 Å². The lowest BCUT2D eigenvalue weighted by atomic mass is 9.93. The molecule has 2 aromatic rings. The number of hydrogen-bond acceptors (Lipinski definition) is 10. The molecule has 2 aliphatic carbocycles. The molecule has 2 heterocycles. The Labute approximate surface area is 228 Å². The van der Waals surface area contributed by atoms with Crippen LogP contribution >= 0.6 is 22.7 Å². The summed E-state index contributed by atoms with van der Waals surface area (Å²) >= 11 is 2.62. The number of fused-ring (bicyclic) bond motifs is 2. The fourth-order valence-corrected chi connectivity index (χ4v) is 7.20. The summed E-state index contributed by atoms with van der Waals surface area (Å²) in [6.07, 6.45) is 4.26. The van der Waals surface area contributed by atoms with Crippen LogP contribution < -0.4 is 10.6 Å². The topological polar surface area (TPSA) is 136 Å². The smallest absolute Gasteiger partial charge is 0.341 e. The highest BCUT2D eigenvalue weighted by Gasteiger charge is 2.32. The van der Waals surface area contributed by atoms with Crippen molar-refractivity contribution in [3.8, 4) is 0 Å². The molecule has 0 aromatic carbocycles. The number of nitrogens with zero attached hydrogens (tertiary/aromatic N) is 2. The largest absolute Gasteiger partial charge is 0.462 e. The molecule has 2 N–H and O–H groups in total. The molecule has 0 saturated heterocycles. The Morgan fingerprint density at radius 3 is 1.45 bits per heavy atom. The van der Waals surface area contributed by atoms with Gasteiger partial charge in [-0.15, -0.1) is 22.7 Å². The number of carbonyl (C=O) groups excluding carboxylic acids is 4. The van der Waals surface area contributed by atoms with E-state index in [0.717, 1.165) is 45.1 Å². The zero-order valence-electron chi connectivity index (χ0n) is 21.8. The minimum absolute atomic E-state index is 0.231. The standard InChI is InChI=1S/C26H30N4O6S2/c1-5-35-25(33)19-15-9-7-11-17(21(15)37-23(19)27-13(3)31)29-30-18-12-8-10-16-20(26(34)36-6-2)24(28-14(4)32)38-22(16)18/h5-12H2,1-4H3,(H,27,31)(H,28,32)/b29-17-,30-18-. The van der Waals surface area contributed by atoms with Crippen molar-refractivity contribution in [3.63, 3.8) is 0 Å². The van der Waals surface area contributed by atoms with E-state index >= 15 is 0 Å². The third-order valence-corrected chi connectivity index (χ3v) is 8.44. The van der Waals surface area contributed by atoms with Crippen molar-refractivity contribution in [2.45, 2.75) is 66.2 Å². The van der Waals surface area contributed by atoms with Crippen molar-refractivity contribution in [2.75, 3.05) is 23.8 Å². The maximum absolute atomic E-state index is 12.7. The molecular formula is C26H30N4O6S2. The molecule has 10 nitrogen and oxygen atoms in total. The summed E-state index contributed by atoms with van der Waals surface area (Å²) in [6.45, 7) is 6.74. The second-order valence-corrected chi connectivity index (χ2v) is 10.9. The fraction of sp³-hybridized carbons (Fsp3) is 0.462. The Morgan fingerprint density at radius 2 is 1.11 bits per heavy atom. The number of anilines is 2. The number of nitrogens with one attached hydrogen (secondary N) is 2. The van der Waals surface area contributed by atoms with Gasteiger partial charge in [0.05, 0.1) is 45.5 Å². The molecule has 0 radical (unpaired) electrons. The van der Waals surface area contributed by atoms with Crippen LogP contribution in [0.15, 0.2) is 10.2 Å². The number of rotatable bonds is 7. The van der Waals surface area contributed by atoms with Crippen molar-refractivity contribution in [1.29, 1.82) is 0 Å². The van der Waals surface area contributed by atoms with Crippen LogP contribution in [0.4, 0.5) is 10.0 Å². The van der Waals surface area contributed by atoms with Crippen LogP contribution in [0, 0.1) is 0 Å².